The Morgan fingerprint density at radius 3 is 2.39 bits per heavy atom. The third-order valence-electron chi connectivity index (χ3n) is 2.02. The minimum Gasteiger partial charge on any atom is -0.444 e. The van der Waals surface area contributed by atoms with Crippen molar-refractivity contribution >= 4 is 27.7 Å². The van der Waals surface area contributed by atoms with Crippen LogP contribution >= 0.6 is 15.9 Å². The van der Waals surface area contributed by atoms with Crippen molar-refractivity contribution in [1.82, 2.24) is 0 Å². The Hall–Kier alpha value is -1.17. The van der Waals surface area contributed by atoms with Crippen molar-refractivity contribution in [3.05, 3.63) is 27.7 Å². The van der Waals surface area contributed by atoms with Crippen LogP contribution < -0.4 is 5.32 Å². The maximum Gasteiger partial charge on any atom is 0.412 e. The number of benzene rings is 1. The standard InChI is InChI=1S/C12H14BrF2NO2/c1-6-7(13)5-8(10(15)9(6)14)16-11(17)18-12(2,3)4/h5H,1-4H3,(H,16,17). The molecule has 1 rings (SSSR count). The van der Waals surface area contributed by atoms with Crippen molar-refractivity contribution in [1.29, 1.82) is 0 Å². The topological polar surface area (TPSA) is 38.3 Å². The van der Waals surface area contributed by atoms with Gasteiger partial charge >= 0.3 is 6.09 Å². The average Bonchev–Trinajstić information content (AvgIpc) is 2.20. The fraction of sp³-hybridized carbons (Fsp3) is 0.417. The number of carbonyl (C=O) groups is 1. The SMILES string of the molecule is Cc1c(Br)cc(NC(=O)OC(C)(C)C)c(F)c1F. The first kappa shape index (κ1) is 14.9. The molecule has 0 aliphatic carbocycles. The summed E-state index contributed by atoms with van der Waals surface area (Å²) in [6, 6.07) is 1.29. The van der Waals surface area contributed by atoms with Crippen LogP contribution in [0.5, 0.6) is 0 Å². The van der Waals surface area contributed by atoms with Gasteiger partial charge in [-0.3, -0.25) is 5.32 Å². The van der Waals surface area contributed by atoms with Crippen LogP contribution in [0.2, 0.25) is 0 Å². The summed E-state index contributed by atoms with van der Waals surface area (Å²) in [5.74, 6) is -2.11. The van der Waals surface area contributed by atoms with Crippen LogP contribution in [0, 0.1) is 18.6 Å². The summed E-state index contributed by atoms with van der Waals surface area (Å²) >= 11 is 3.08. The van der Waals surface area contributed by atoms with Gasteiger partial charge in [0.2, 0.25) is 0 Å². The summed E-state index contributed by atoms with van der Waals surface area (Å²) in [5.41, 5.74) is -0.831. The Kier molecular flexibility index (Phi) is 4.32. The summed E-state index contributed by atoms with van der Waals surface area (Å²) < 4.78 is 32.3. The molecule has 0 fully saturated rings. The van der Waals surface area contributed by atoms with E-state index in [0.717, 1.165) is 0 Å². The average molecular weight is 322 g/mol. The van der Waals surface area contributed by atoms with Gasteiger partial charge in [-0.2, -0.15) is 0 Å². The zero-order chi connectivity index (χ0) is 14.1. The Bertz CT molecular complexity index is 484. The van der Waals surface area contributed by atoms with Crippen LogP contribution in [0.15, 0.2) is 10.5 Å². The summed E-state index contributed by atoms with van der Waals surface area (Å²) in [5, 5.41) is 2.17. The molecule has 0 aliphatic heterocycles. The Morgan fingerprint density at radius 2 is 1.89 bits per heavy atom. The highest BCUT2D eigenvalue weighted by molar-refractivity contribution is 9.10. The van der Waals surface area contributed by atoms with Gasteiger partial charge in [0, 0.05) is 10.0 Å². The van der Waals surface area contributed by atoms with Crippen molar-refractivity contribution in [2.75, 3.05) is 5.32 Å². The van der Waals surface area contributed by atoms with Crippen LogP contribution in [0.1, 0.15) is 26.3 Å². The largest absolute Gasteiger partial charge is 0.444 e. The first-order chi connectivity index (χ1) is 8.11. The van der Waals surface area contributed by atoms with Gasteiger partial charge in [-0.05, 0) is 33.8 Å². The fourth-order valence-corrected chi connectivity index (χ4v) is 1.59. The fourth-order valence-electron chi connectivity index (χ4n) is 1.19. The van der Waals surface area contributed by atoms with E-state index in [1.54, 1.807) is 20.8 Å². The highest BCUT2D eigenvalue weighted by Gasteiger charge is 2.20. The molecular weight excluding hydrogens is 308 g/mol. The quantitative estimate of drug-likeness (QED) is 0.779. The molecule has 0 atom stereocenters. The molecule has 0 bridgehead atoms. The smallest absolute Gasteiger partial charge is 0.412 e. The molecule has 1 N–H and O–H groups in total. The Balaban J connectivity index is 2.96. The van der Waals surface area contributed by atoms with Crippen molar-refractivity contribution in [3.63, 3.8) is 0 Å². The van der Waals surface area contributed by atoms with Crippen LogP contribution in [0.25, 0.3) is 0 Å². The monoisotopic (exact) mass is 321 g/mol. The summed E-state index contributed by atoms with van der Waals surface area (Å²) in [4.78, 5) is 11.5. The van der Waals surface area contributed by atoms with E-state index in [0.29, 0.717) is 4.47 Å². The molecule has 0 aromatic heterocycles. The molecular formula is C12H14BrF2NO2. The van der Waals surface area contributed by atoms with Crippen LogP contribution in [0.3, 0.4) is 0 Å². The third-order valence-corrected chi connectivity index (χ3v) is 2.85. The van der Waals surface area contributed by atoms with Crippen molar-refractivity contribution < 1.29 is 18.3 Å². The lowest BCUT2D eigenvalue weighted by Gasteiger charge is -2.20. The Labute approximate surface area is 113 Å². The number of rotatable bonds is 1. The van der Waals surface area contributed by atoms with Crippen LogP contribution in [-0.4, -0.2) is 11.7 Å². The zero-order valence-electron chi connectivity index (χ0n) is 10.5. The maximum absolute atomic E-state index is 13.6. The Morgan fingerprint density at radius 1 is 1.33 bits per heavy atom. The molecule has 1 aromatic rings. The third kappa shape index (κ3) is 3.66. The molecule has 100 valence electrons. The van der Waals surface area contributed by atoms with Gasteiger partial charge in [-0.25, -0.2) is 13.6 Å². The van der Waals surface area contributed by atoms with Crippen molar-refractivity contribution in [2.24, 2.45) is 0 Å². The van der Waals surface area contributed by atoms with E-state index in [1.165, 1.54) is 13.0 Å². The molecule has 0 radical (unpaired) electrons. The molecule has 0 heterocycles. The van der Waals surface area contributed by atoms with E-state index >= 15 is 0 Å². The molecule has 0 unspecified atom stereocenters. The van der Waals surface area contributed by atoms with E-state index < -0.39 is 23.3 Å². The molecule has 3 nitrogen and oxygen atoms in total. The molecule has 18 heavy (non-hydrogen) atoms. The minimum atomic E-state index is -1.11. The van der Waals surface area contributed by atoms with Crippen LogP contribution in [0.4, 0.5) is 19.3 Å². The van der Waals surface area contributed by atoms with E-state index in [4.69, 9.17) is 4.74 Å². The van der Waals surface area contributed by atoms with E-state index in [9.17, 15) is 13.6 Å². The number of amides is 1. The number of halogens is 3. The lowest BCUT2D eigenvalue weighted by atomic mass is 10.2. The summed E-state index contributed by atoms with van der Waals surface area (Å²) in [6.07, 6.45) is -0.837. The number of hydrogen-bond donors (Lipinski definition) is 1. The van der Waals surface area contributed by atoms with Gasteiger partial charge in [-0.1, -0.05) is 15.9 Å². The summed E-state index contributed by atoms with van der Waals surface area (Å²) in [6.45, 7) is 6.46. The number of anilines is 1. The number of carbonyl (C=O) groups excluding carboxylic acids is 1. The van der Waals surface area contributed by atoms with Crippen molar-refractivity contribution in [2.45, 2.75) is 33.3 Å². The lowest BCUT2D eigenvalue weighted by Crippen LogP contribution is -2.27. The summed E-state index contributed by atoms with van der Waals surface area (Å²) in [7, 11) is 0. The van der Waals surface area contributed by atoms with Gasteiger partial charge in [0.15, 0.2) is 11.6 Å². The van der Waals surface area contributed by atoms with Crippen molar-refractivity contribution in [3.8, 4) is 0 Å². The zero-order valence-corrected chi connectivity index (χ0v) is 12.1. The highest BCUT2D eigenvalue weighted by atomic mass is 79.9. The number of ether oxygens (including phenoxy) is 1. The minimum absolute atomic E-state index is 0.141. The number of hydrogen-bond acceptors (Lipinski definition) is 2. The number of nitrogens with one attached hydrogen (secondary N) is 1. The van der Waals surface area contributed by atoms with Gasteiger partial charge in [0.25, 0.3) is 0 Å². The molecule has 1 aromatic carbocycles. The van der Waals surface area contributed by atoms with E-state index in [2.05, 4.69) is 21.2 Å². The molecule has 1 amide bonds. The first-order valence-electron chi connectivity index (χ1n) is 5.26. The molecule has 0 aliphatic rings. The van der Waals surface area contributed by atoms with E-state index in [-0.39, 0.29) is 11.3 Å². The van der Waals surface area contributed by atoms with Gasteiger partial charge < -0.3 is 4.74 Å². The van der Waals surface area contributed by atoms with E-state index in [1.807, 2.05) is 0 Å². The second-order valence-electron chi connectivity index (χ2n) is 4.79. The predicted molar refractivity (Wildman–Crippen MR) is 68.7 cm³/mol. The second-order valence-corrected chi connectivity index (χ2v) is 5.64. The highest BCUT2D eigenvalue weighted by Crippen LogP contribution is 2.28. The molecule has 0 spiro atoms. The van der Waals surface area contributed by atoms with Crippen LogP contribution in [-0.2, 0) is 4.74 Å². The lowest BCUT2D eigenvalue weighted by molar-refractivity contribution is 0.0635. The first-order valence-corrected chi connectivity index (χ1v) is 6.05. The molecule has 6 heteroatoms. The predicted octanol–water partition coefficient (Wildman–Crippen LogP) is 4.38. The normalized spacial score (nSPS) is 11.3. The molecule has 0 saturated carbocycles. The van der Waals surface area contributed by atoms with Gasteiger partial charge in [0.05, 0.1) is 5.69 Å². The maximum atomic E-state index is 13.6. The molecule has 0 saturated heterocycles. The van der Waals surface area contributed by atoms with Gasteiger partial charge in [-0.15, -0.1) is 0 Å². The van der Waals surface area contributed by atoms with Gasteiger partial charge in [0.1, 0.15) is 5.60 Å². The second kappa shape index (κ2) is 5.22.